The number of ether oxygens (including phenoxy) is 6. The Kier molecular flexibility index (Phi) is 17.8. The monoisotopic (exact) mass is 954 g/mol. The molecule has 68 heavy (non-hydrogen) atoms. The molecule has 24 nitrogen and oxygen atoms in total. The summed E-state index contributed by atoms with van der Waals surface area (Å²) in [5.74, 6) is -0.880. The van der Waals surface area contributed by atoms with Crippen molar-refractivity contribution < 1.29 is 88.7 Å². The summed E-state index contributed by atoms with van der Waals surface area (Å²) in [6.45, 7) is -0.835. The van der Waals surface area contributed by atoms with Gasteiger partial charge in [0.15, 0.2) is 0 Å². The minimum absolute atomic E-state index is 0.000584. The highest BCUT2D eigenvalue weighted by Crippen LogP contribution is 2.32. The molecule has 10 unspecified atom stereocenters. The maximum absolute atomic E-state index is 13.0. The van der Waals surface area contributed by atoms with Crippen LogP contribution in [0.5, 0.6) is 11.5 Å². The van der Waals surface area contributed by atoms with Gasteiger partial charge in [-0.15, -0.1) is 0 Å². The van der Waals surface area contributed by atoms with Gasteiger partial charge in [0.25, 0.3) is 23.2 Å². The SMILES string of the molecule is O=C(NCCOCCOCCNC(=O)c1cc(-c2ccc(OC3OC(CO)C(O)C(O)C3O)cc2)cc([N+](=O)[O-])c1)c1cc(-c2ccc(OC3OC(CO)C(O)C(O)C3O)cc2)cc([N+](=O)[O-])c1. The third kappa shape index (κ3) is 12.8. The van der Waals surface area contributed by atoms with E-state index in [1.54, 1.807) is 24.3 Å². The Bertz CT molecular complexity index is 2190. The predicted octanol–water partition coefficient (Wildman–Crippen LogP) is -0.613. The fourth-order valence-corrected chi connectivity index (χ4v) is 7.08. The molecule has 0 spiro atoms. The van der Waals surface area contributed by atoms with E-state index in [9.17, 15) is 70.7 Å². The lowest BCUT2D eigenvalue weighted by Crippen LogP contribution is -2.60. The summed E-state index contributed by atoms with van der Waals surface area (Å²) in [5.41, 5.74) is 0.908. The molecule has 0 aromatic heterocycles. The fourth-order valence-electron chi connectivity index (χ4n) is 7.08. The van der Waals surface area contributed by atoms with Crippen molar-refractivity contribution in [3.8, 4) is 33.8 Å². The fraction of sp³-hybridized carbons (Fsp3) is 0.409. The number of nitrogens with one attached hydrogen (secondary N) is 2. The average molecular weight is 955 g/mol. The number of aliphatic hydroxyl groups excluding tert-OH is 8. The number of carbonyl (C=O) groups excluding carboxylic acids is 2. The lowest BCUT2D eigenvalue weighted by molar-refractivity contribution is -0.385. The van der Waals surface area contributed by atoms with Gasteiger partial charge in [0.05, 0.1) is 49.5 Å². The van der Waals surface area contributed by atoms with E-state index < -0.39 is 96.3 Å². The first kappa shape index (κ1) is 51.1. The number of benzene rings is 4. The predicted molar refractivity (Wildman–Crippen MR) is 232 cm³/mol. The topological polar surface area (TPSA) is 362 Å². The highest BCUT2D eigenvalue weighted by atomic mass is 16.7. The van der Waals surface area contributed by atoms with E-state index in [0.717, 1.165) is 12.1 Å². The molecule has 2 aliphatic rings. The van der Waals surface area contributed by atoms with Crippen molar-refractivity contribution in [2.45, 2.75) is 61.4 Å². The van der Waals surface area contributed by atoms with Gasteiger partial charge in [0, 0.05) is 48.5 Å². The van der Waals surface area contributed by atoms with E-state index in [2.05, 4.69) is 10.6 Å². The average Bonchev–Trinajstić information content (AvgIpc) is 3.34. The molecule has 10 atom stereocenters. The summed E-state index contributed by atoms with van der Waals surface area (Å²) in [6.07, 6.45) is -14.8. The Morgan fingerprint density at radius 1 is 0.515 bits per heavy atom. The van der Waals surface area contributed by atoms with Crippen molar-refractivity contribution in [1.82, 2.24) is 10.6 Å². The van der Waals surface area contributed by atoms with Crippen LogP contribution in [0.25, 0.3) is 22.3 Å². The summed E-state index contributed by atoms with van der Waals surface area (Å²) in [5, 5.41) is 108. The smallest absolute Gasteiger partial charge is 0.270 e. The van der Waals surface area contributed by atoms with Gasteiger partial charge in [0.2, 0.25) is 12.6 Å². The van der Waals surface area contributed by atoms with Crippen molar-refractivity contribution in [3.05, 3.63) is 116 Å². The Morgan fingerprint density at radius 3 is 1.22 bits per heavy atom. The van der Waals surface area contributed by atoms with Gasteiger partial charge in [0.1, 0.15) is 60.3 Å². The van der Waals surface area contributed by atoms with Crippen LogP contribution in [0.2, 0.25) is 0 Å². The van der Waals surface area contributed by atoms with E-state index in [4.69, 9.17) is 28.4 Å². The molecule has 2 fully saturated rings. The van der Waals surface area contributed by atoms with Crippen LogP contribution >= 0.6 is 0 Å². The van der Waals surface area contributed by atoms with Gasteiger partial charge in [-0.3, -0.25) is 29.8 Å². The molecule has 4 aromatic rings. The lowest BCUT2D eigenvalue weighted by atomic mass is 9.99. The highest BCUT2D eigenvalue weighted by molar-refractivity contribution is 5.97. The molecule has 2 amide bonds. The number of rotatable bonds is 21. The molecule has 0 saturated carbocycles. The first-order chi connectivity index (χ1) is 32.6. The van der Waals surface area contributed by atoms with Crippen LogP contribution in [0.15, 0.2) is 84.9 Å². The standard InChI is InChI=1S/C44H50N4O20/c49-21-33-35(51)37(53)39(55)43(67-33)65-31-5-1-23(2-6-31)25-15-27(19-29(17-25)47(59)60)41(57)45-9-11-63-13-14-64-12-10-46-42(58)28-16-26(18-30(20-28)48(61)62)24-3-7-32(8-4-24)66-44-40(56)38(54)36(52)34(22-50)68-44/h1-8,15-20,33-40,43-44,49-56H,9-14,21-22H2,(H,45,57)(H,46,58). The summed E-state index contributed by atoms with van der Waals surface area (Å²) in [4.78, 5) is 48.2. The number of hydrogen-bond donors (Lipinski definition) is 10. The zero-order chi connectivity index (χ0) is 49.1. The van der Waals surface area contributed by atoms with E-state index >= 15 is 0 Å². The van der Waals surface area contributed by atoms with Crippen molar-refractivity contribution in [3.63, 3.8) is 0 Å². The van der Waals surface area contributed by atoms with Crippen molar-refractivity contribution in [2.24, 2.45) is 0 Å². The minimum Gasteiger partial charge on any atom is -0.462 e. The first-order valence-corrected chi connectivity index (χ1v) is 21.0. The van der Waals surface area contributed by atoms with E-state index in [1.807, 2.05) is 0 Å². The molecule has 24 heteroatoms. The quantitative estimate of drug-likeness (QED) is 0.0283. The normalized spacial score (nSPS) is 24.7. The van der Waals surface area contributed by atoms with Crippen LogP contribution in [0, 0.1) is 20.2 Å². The van der Waals surface area contributed by atoms with Crippen LogP contribution in [-0.4, -0.2) is 177 Å². The maximum atomic E-state index is 13.0. The molecule has 4 aromatic carbocycles. The molecule has 2 heterocycles. The van der Waals surface area contributed by atoms with Crippen LogP contribution < -0.4 is 20.1 Å². The van der Waals surface area contributed by atoms with Crippen LogP contribution in [-0.2, 0) is 18.9 Å². The van der Waals surface area contributed by atoms with Gasteiger partial charge >= 0.3 is 0 Å². The van der Waals surface area contributed by atoms with Crippen LogP contribution in [0.3, 0.4) is 0 Å². The Hall–Kier alpha value is -6.26. The zero-order valence-corrected chi connectivity index (χ0v) is 35.9. The van der Waals surface area contributed by atoms with Crippen molar-refractivity contribution in [1.29, 1.82) is 0 Å². The third-order valence-electron chi connectivity index (χ3n) is 10.8. The number of hydrogen-bond acceptors (Lipinski definition) is 20. The Labute approximate surface area is 386 Å². The first-order valence-electron chi connectivity index (χ1n) is 21.0. The number of amides is 2. The molecule has 0 aliphatic carbocycles. The second kappa shape index (κ2) is 23.6. The van der Waals surface area contributed by atoms with Gasteiger partial charge in [-0.05, 0) is 58.7 Å². The molecule has 6 rings (SSSR count). The number of carbonyl (C=O) groups is 2. The van der Waals surface area contributed by atoms with Gasteiger partial charge in [-0.1, -0.05) is 24.3 Å². The van der Waals surface area contributed by atoms with Crippen molar-refractivity contribution >= 4 is 23.2 Å². The summed E-state index contributed by atoms with van der Waals surface area (Å²) >= 11 is 0. The molecule has 2 saturated heterocycles. The van der Waals surface area contributed by atoms with Gasteiger partial charge in [-0.2, -0.15) is 0 Å². The number of aliphatic hydroxyl groups is 8. The second-order valence-electron chi connectivity index (χ2n) is 15.5. The minimum atomic E-state index is -1.64. The van der Waals surface area contributed by atoms with Crippen LogP contribution in [0.1, 0.15) is 20.7 Å². The van der Waals surface area contributed by atoms with E-state index in [0.29, 0.717) is 22.3 Å². The molecular weight excluding hydrogens is 904 g/mol. The maximum Gasteiger partial charge on any atom is 0.270 e. The van der Waals surface area contributed by atoms with Crippen LogP contribution in [0.4, 0.5) is 11.4 Å². The van der Waals surface area contributed by atoms with Gasteiger partial charge in [-0.25, -0.2) is 0 Å². The van der Waals surface area contributed by atoms with E-state index in [1.165, 1.54) is 48.5 Å². The molecular formula is C44H50N4O20. The third-order valence-corrected chi connectivity index (χ3v) is 10.8. The molecule has 10 N–H and O–H groups in total. The largest absolute Gasteiger partial charge is 0.462 e. The number of nitrogens with zero attached hydrogens (tertiary/aromatic N) is 2. The summed E-state index contributed by atoms with van der Waals surface area (Å²) < 4.78 is 32.9. The molecule has 2 aliphatic heterocycles. The number of non-ortho nitro benzene ring substituents is 2. The second-order valence-corrected chi connectivity index (χ2v) is 15.5. The molecule has 366 valence electrons. The summed E-state index contributed by atoms with van der Waals surface area (Å²) in [7, 11) is 0. The van der Waals surface area contributed by atoms with E-state index in [-0.39, 0.29) is 73.5 Å². The highest BCUT2D eigenvalue weighted by Gasteiger charge is 2.46. The molecule has 0 radical (unpaired) electrons. The zero-order valence-electron chi connectivity index (χ0n) is 35.9. The number of nitro benzene ring substituents is 2. The number of nitro groups is 2. The Balaban J connectivity index is 0.917. The van der Waals surface area contributed by atoms with Crippen molar-refractivity contribution in [2.75, 3.05) is 52.7 Å². The summed E-state index contributed by atoms with van der Waals surface area (Å²) in [6, 6.07) is 19.7. The lowest BCUT2D eigenvalue weighted by Gasteiger charge is -2.39. The molecule has 0 bridgehead atoms. The van der Waals surface area contributed by atoms with Gasteiger partial charge < -0.3 is 79.9 Å². The Morgan fingerprint density at radius 2 is 0.882 bits per heavy atom.